The van der Waals surface area contributed by atoms with Crippen LogP contribution in [0.4, 0.5) is 5.69 Å². The molecule has 0 aliphatic carbocycles. The summed E-state index contributed by atoms with van der Waals surface area (Å²) in [5, 5.41) is 10.6. The maximum Gasteiger partial charge on any atom is 0.269 e. The molecule has 3 unspecified atom stereocenters. The van der Waals surface area contributed by atoms with Gasteiger partial charge in [-0.15, -0.1) is 0 Å². The minimum Gasteiger partial charge on any atom is -0.258 e. The van der Waals surface area contributed by atoms with E-state index in [1.165, 1.54) is 28.6 Å². The van der Waals surface area contributed by atoms with E-state index in [2.05, 4.69) is 0 Å². The van der Waals surface area contributed by atoms with Gasteiger partial charge in [0, 0.05) is 18.2 Å². The monoisotopic (exact) mass is 318 g/mol. The largest absolute Gasteiger partial charge is 0.269 e. The summed E-state index contributed by atoms with van der Waals surface area (Å²) < 4.78 is 26.7. The topological polar surface area (TPSA) is 80.3 Å². The second-order valence-electron chi connectivity index (χ2n) is 5.18. The Morgan fingerprint density at radius 2 is 1.64 bits per heavy atom. The van der Waals surface area contributed by atoms with Crippen molar-refractivity contribution >= 4 is 15.7 Å². The summed E-state index contributed by atoms with van der Waals surface area (Å²) in [5.74, 6) is 0. The fourth-order valence-corrected chi connectivity index (χ4v) is 4.45. The lowest BCUT2D eigenvalue weighted by Gasteiger charge is -2.06. The molecule has 0 bridgehead atoms. The van der Waals surface area contributed by atoms with Gasteiger partial charge in [-0.1, -0.05) is 30.3 Å². The zero-order valence-corrected chi connectivity index (χ0v) is 12.6. The molecule has 0 radical (unpaired) electrons. The minimum atomic E-state index is -3.64. The van der Waals surface area contributed by atoms with Crippen molar-refractivity contribution in [2.45, 2.75) is 23.9 Å². The van der Waals surface area contributed by atoms with E-state index in [-0.39, 0.29) is 22.7 Å². The molecule has 1 saturated heterocycles. The third kappa shape index (κ3) is 2.38. The zero-order valence-electron chi connectivity index (χ0n) is 11.8. The van der Waals surface area contributed by atoms with Gasteiger partial charge < -0.3 is 0 Å². The molecule has 0 spiro atoms. The van der Waals surface area contributed by atoms with Crippen LogP contribution in [0, 0.1) is 10.1 Å². The van der Waals surface area contributed by atoms with Gasteiger partial charge in [0.15, 0.2) is 0 Å². The zero-order chi connectivity index (χ0) is 15.9. The van der Waals surface area contributed by atoms with E-state index in [0.29, 0.717) is 0 Å². The first-order valence-corrected chi connectivity index (χ1v) is 8.20. The highest BCUT2D eigenvalue weighted by molar-refractivity contribution is 7.89. The summed E-state index contributed by atoms with van der Waals surface area (Å²) >= 11 is 0. The predicted molar refractivity (Wildman–Crippen MR) is 80.8 cm³/mol. The third-order valence-corrected chi connectivity index (χ3v) is 5.79. The highest BCUT2D eigenvalue weighted by atomic mass is 32.2. The van der Waals surface area contributed by atoms with Crippen LogP contribution in [0.5, 0.6) is 0 Å². The van der Waals surface area contributed by atoms with Gasteiger partial charge in [0.2, 0.25) is 10.0 Å². The molecule has 7 heteroatoms. The van der Waals surface area contributed by atoms with Crippen molar-refractivity contribution in [3.8, 4) is 0 Å². The first-order valence-electron chi connectivity index (χ1n) is 6.76. The third-order valence-electron chi connectivity index (χ3n) is 3.81. The van der Waals surface area contributed by atoms with Gasteiger partial charge in [0.25, 0.3) is 5.69 Å². The molecule has 114 valence electrons. The molecule has 6 nitrogen and oxygen atoms in total. The van der Waals surface area contributed by atoms with Gasteiger partial charge >= 0.3 is 0 Å². The van der Waals surface area contributed by atoms with Gasteiger partial charge in [-0.25, -0.2) is 8.42 Å². The summed E-state index contributed by atoms with van der Waals surface area (Å²) in [6.45, 7) is 1.85. The summed E-state index contributed by atoms with van der Waals surface area (Å²) in [6, 6.07) is 14.1. The van der Waals surface area contributed by atoms with Crippen molar-refractivity contribution in [3.63, 3.8) is 0 Å². The van der Waals surface area contributed by atoms with Gasteiger partial charge in [-0.05, 0) is 24.6 Å². The number of hydrogen-bond donors (Lipinski definition) is 0. The van der Waals surface area contributed by atoms with Crippen LogP contribution in [0.25, 0.3) is 0 Å². The van der Waals surface area contributed by atoms with Crippen LogP contribution in [-0.4, -0.2) is 23.7 Å². The van der Waals surface area contributed by atoms with Gasteiger partial charge in [-0.2, -0.15) is 4.31 Å². The number of nitrogens with zero attached hydrogens (tertiary/aromatic N) is 2. The molecule has 2 aromatic carbocycles. The molecule has 0 N–H and O–H groups in total. The second kappa shape index (κ2) is 5.19. The molecule has 3 rings (SSSR count). The molecule has 3 atom stereocenters. The first kappa shape index (κ1) is 14.7. The summed E-state index contributed by atoms with van der Waals surface area (Å²) in [5.41, 5.74) is 0.817. The van der Waals surface area contributed by atoms with Crippen molar-refractivity contribution in [2.75, 3.05) is 0 Å². The van der Waals surface area contributed by atoms with Crippen LogP contribution in [0.2, 0.25) is 0 Å². The average Bonchev–Trinajstić information content (AvgIpc) is 3.20. The summed E-state index contributed by atoms with van der Waals surface area (Å²) in [6.07, 6.45) is 0. The standard InChI is InChI=1S/C15H14N2O4S/c1-11-15(12-5-3-2-4-6-12)16(11)22(20,21)14-9-7-13(8-10-14)17(18)19/h2-11,15H,1H3. The summed E-state index contributed by atoms with van der Waals surface area (Å²) in [4.78, 5) is 10.2. The lowest BCUT2D eigenvalue weighted by Crippen LogP contribution is -2.14. The Hall–Kier alpha value is -2.25. The van der Waals surface area contributed by atoms with Gasteiger partial charge in [0.1, 0.15) is 0 Å². The Morgan fingerprint density at radius 3 is 2.18 bits per heavy atom. The van der Waals surface area contributed by atoms with Crippen LogP contribution in [-0.2, 0) is 10.0 Å². The van der Waals surface area contributed by atoms with Crippen molar-refractivity contribution in [2.24, 2.45) is 0 Å². The van der Waals surface area contributed by atoms with E-state index in [1.807, 2.05) is 37.3 Å². The van der Waals surface area contributed by atoms with E-state index < -0.39 is 14.9 Å². The molecular weight excluding hydrogens is 304 g/mol. The Labute approximate surface area is 128 Å². The normalized spacial score (nSPS) is 24.0. The molecule has 2 aromatic rings. The minimum absolute atomic E-state index is 0.0726. The van der Waals surface area contributed by atoms with Crippen LogP contribution in [0.3, 0.4) is 0 Å². The number of rotatable bonds is 4. The van der Waals surface area contributed by atoms with E-state index in [0.717, 1.165) is 5.56 Å². The van der Waals surface area contributed by atoms with E-state index in [1.54, 1.807) is 0 Å². The van der Waals surface area contributed by atoms with E-state index in [4.69, 9.17) is 0 Å². The number of sulfonamides is 1. The van der Waals surface area contributed by atoms with Crippen molar-refractivity contribution < 1.29 is 13.3 Å². The van der Waals surface area contributed by atoms with Crippen molar-refractivity contribution in [1.82, 2.24) is 4.31 Å². The number of non-ortho nitro benzene ring substituents is 1. The Bertz CT molecular complexity index is 803. The lowest BCUT2D eigenvalue weighted by molar-refractivity contribution is -0.384. The number of benzene rings is 2. The molecule has 1 fully saturated rings. The maximum atomic E-state index is 12.6. The molecule has 0 aromatic heterocycles. The smallest absolute Gasteiger partial charge is 0.258 e. The van der Waals surface area contributed by atoms with Gasteiger partial charge in [-0.3, -0.25) is 10.1 Å². The molecule has 22 heavy (non-hydrogen) atoms. The predicted octanol–water partition coefficient (Wildman–Crippen LogP) is 2.73. The van der Waals surface area contributed by atoms with Crippen LogP contribution < -0.4 is 0 Å². The molecule has 1 heterocycles. The Balaban J connectivity index is 1.89. The maximum absolute atomic E-state index is 12.6. The molecule has 1 aliphatic rings. The summed E-state index contributed by atoms with van der Waals surface area (Å²) in [7, 11) is -3.64. The molecular formula is C15H14N2O4S. The number of nitro benzene ring substituents is 1. The Morgan fingerprint density at radius 1 is 1.05 bits per heavy atom. The number of nitro groups is 1. The fourth-order valence-electron chi connectivity index (χ4n) is 2.63. The van der Waals surface area contributed by atoms with Crippen molar-refractivity contribution in [1.29, 1.82) is 0 Å². The number of hydrogen-bond acceptors (Lipinski definition) is 4. The SMILES string of the molecule is CC1C(c2ccccc2)N1S(=O)(=O)c1ccc([N+](=O)[O-])cc1. The molecule has 1 aliphatic heterocycles. The van der Waals surface area contributed by atoms with Crippen LogP contribution in [0.15, 0.2) is 59.5 Å². The van der Waals surface area contributed by atoms with Crippen LogP contribution >= 0.6 is 0 Å². The van der Waals surface area contributed by atoms with E-state index >= 15 is 0 Å². The average molecular weight is 318 g/mol. The highest BCUT2D eigenvalue weighted by Gasteiger charge is 2.53. The fraction of sp³-hybridized carbons (Fsp3) is 0.200. The second-order valence-corrected chi connectivity index (χ2v) is 7.03. The molecule has 0 amide bonds. The first-order chi connectivity index (χ1) is 10.4. The quantitative estimate of drug-likeness (QED) is 0.493. The van der Waals surface area contributed by atoms with E-state index in [9.17, 15) is 18.5 Å². The van der Waals surface area contributed by atoms with Crippen molar-refractivity contribution in [3.05, 3.63) is 70.3 Å². The highest BCUT2D eigenvalue weighted by Crippen LogP contribution is 2.47. The van der Waals surface area contributed by atoms with Crippen LogP contribution in [0.1, 0.15) is 18.5 Å². The Kier molecular flexibility index (Phi) is 3.46. The lowest BCUT2D eigenvalue weighted by atomic mass is 10.1. The molecule has 0 saturated carbocycles. The van der Waals surface area contributed by atoms with Gasteiger partial charge in [0.05, 0.1) is 15.9 Å².